The fourth-order valence-electron chi connectivity index (χ4n) is 3.21. The van der Waals surface area contributed by atoms with Gasteiger partial charge in [-0.1, -0.05) is 30.3 Å². The van der Waals surface area contributed by atoms with Crippen LogP contribution in [-0.2, 0) is 25.5 Å². The average Bonchev–Trinajstić information content (AvgIpc) is 3.20. The summed E-state index contributed by atoms with van der Waals surface area (Å²) in [6.07, 6.45) is -2.34. The quantitative estimate of drug-likeness (QED) is 0.273. The zero-order chi connectivity index (χ0) is 24.2. The molecule has 0 aliphatic rings. The van der Waals surface area contributed by atoms with E-state index in [4.69, 9.17) is 26.8 Å². The Bertz CT molecular complexity index is 1130. The Labute approximate surface area is 191 Å². The first kappa shape index (κ1) is 24.3. The van der Waals surface area contributed by atoms with Crippen LogP contribution in [0, 0.1) is 0 Å². The summed E-state index contributed by atoms with van der Waals surface area (Å²) >= 11 is 5.79. The van der Waals surface area contributed by atoms with E-state index < -0.39 is 43.0 Å². The van der Waals surface area contributed by atoms with E-state index in [0.29, 0.717) is 5.56 Å². The SMILES string of the molecule is CO[C@H](COC(Cc1ccccc1)(C(=O)O)C(=O)O)C[C@H](F)n1cnc2c(N)nc(Cl)nc21. The molecular formula is C20H21ClFN5O6. The second-order valence-corrected chi connectivity index (χ2v) is 7.48. The van der Waals surface area contributed by atoms with Gasteiger partial charge in [-0.15, -0.1) is 0 Å². The van der Waals surface area contributed by atoms with Gasteiger partial charge >= 0.3 is 11.9 Å². The van der Waals surface area contributed by atoms with Gasteiger partial charge in [-0.25, -0.2) is 19.0 Å². The zero-order valence-corrected chi connectivity index (χ0v) is 18.1. The molecule has 0 aliphatic carbocycles. The lowest BCUT2D eigenvalue weighted by Gasteiger charge is -2.28. The zero-order valence-electron chi connectivity index (χ0n) is 17.4. The molecule has 3 rings (SSSR count). The highest BCUT2D eigenvalue weighted by molar-refractivity contribution is 6.28. The van der Waals surface area contributed by atoms with Gasteiger partial charge in [0.1, 0.15) is 5.52 Å². The number of carbonyl (C=O) groups is 2. The van der Waals surface area contributed by atoms with Gasteiger partial charge in [0, 0.05) is 20.0 Å². The Hall–Kier alpha value is -3.35. The predicted molar refractivity (Wildman–Crippen MR) is 114 cm³/mol. The number of methoxy groups -OCH3 is 1. The maximum absolute atomic E-state index is 15.1. The van der Waals surface area contributed by atoms with Gasteiger partial charge < -0.3 is 25.4 Å². The number of alkyl halides is 1. The molecular weight excluding hydrogens is 461 g/mol. The lowest BCUT2D eigenvalue weighted by Crippen LogP contribution is -2.52. The number of nitrogens with zero attached hydrogens (tertiary/aromatic N) is 4. The van der Waals surface area contributed by atoms with Crippen LogP contribution in [0.15, 0.2) is 36.7 Å². The first-order valence-electron chi connectivity index (χ1n) is 9.65. The molecule has 0 spiro atoms. The summed E-state index contributed by atoms with van der Waals surface area (Å²) in [7, 11) is 1.27. The van der Waals surface area contributed by atoms with Gasteiger partial charge in [0.05, 0.1) is 19.0 Å². The number of fused-ring (bicyclic) bond motifs is 1. The molecule has 0 saturated carbocycles. The summed E-state index contributed by atoms with van der Waals surface area (Å²) in [6.45, 7) is -0.507. The second kappa shape index (κ2) is 10.1. The molecule has 0 fully saturated rings. The molecule has 2 atom stereocenters. The van der Waals surface area contributed by atoms with Gasteiger partial charge in [0.2, 0.25) is 5.28 Å². The maximum atomic E-state index is 15.1. The summed E-state index contributed by atoms with van der Waals surface area (Å²) < 4.78 is 26.7. The van der Waals surface area contributed by atoms with Crippen LogP contribution in [0.2, 0.25) is 5.28 Å². The Morgan fingerprint density at radius 2 is 1.91 bits per heavy atom. The minimum absolute atomic E-state index is 0.0174. The highest BCUT2D eigenvalue weighted by Gasteiger charge is 2.48. The van der Waals surface area contributed by atoms with Gasteiger partial charge in [-0.2, -0.15) is 9.97 Å². The van der Waals surface area contributed by atoms with E-state index in [1.165, 1.54) is 13.4 Å². The van der Waals surface area contributed by atoms with Crippen molar-refractivity contribution in [3.05, 3.63) is 47.5 Å². The van der Waals surface area contributed by atoms with Crippen LogP contribution in [0.25, 0.3) is 11.2 Å². The fraction of sp³-hybridized carbons (Fsp3) is 0.350. The smallest absolute Gasteiger partial charge is 0.348 e. The number of hydrogen-bond acceptors (Lipinski definition) is 8. The summed E-state index contributed by atoms with van der Waals surface area (Å²) in [5.74, 6) is -3.39. The fourth-order valence-corrected chi connectivity index (χ4v) is 3.39. The summed E-state index contributed by atoms with van der Waals surface area (Å²) in [6, 6.07) is 8.17. The summed E-state index contributed by atoms with van der Waals surface area (Å²) in [5, 5.41) is 19.2. The van der Waals surface area contributed by atoms with Crippen LogP contribution < -0.4 is 5.73 Å². The molecule has 0 unspecified atom stereocenters. The van der Waals surface area contributed by atoms with Crippen molar-refractivity contribution in [1.82, 2.24) is 19.5 Å². The van der Waals surface area contributed by atoms with Gasteiger partial charge in [0.25, 0.3) is 5.60 Å². The molecule has 2 heterocycles. The van der Waals surface area contributed by atoms with Gasteiger partial charge in [-0.05, 0) is 17.2 Å². The first-order valence-corrected chi connectivity index (χ1v) is 10.0. The average molecular weight is 482 g/mol. The van der Waals surface area contributed by atoms with Gasteiger partial charge in [-0.3, -0.25) is 4.57 Å². The van der Waals surface area contributed by atoms with Crippen LogP contribution in [-0.4, -0.2) is 67.1 Å². The number of imidazole rings is 1. The van der Waals surface area contributed by atoms with Crippen molar-refractivity contribution in [3.8, 4) is 0 Å². The molecule has 3 aromatic rings. The van der Waals surface area contributed by atoms with Crippen LogP contribution >= 0.6 is 11.6 Å². The molecule has 0 radical (unpaired) electrons. The third-order valence-corrected chi connectivity index (χ3v) is 5.19. The minimum Gasteiger partial charge on any atom is -0.479 e. The van der Waals surface area contributed by atoms with E-state index in [1.807, 2.05) is 0 Å². The topological polar surface area (TPSA) is 163 Å². The lowest BCUT2D eigenvalue weighted by molar-refractivity contribution is -0.188. The highest BCUT2D eigenvalue weighted by atomic mass is 35.5. The molecule has 33 heavy (non-hydrogen) atoms. The summed E-state index contributed by atoms with van der Waals surface area (Å²) in [4.78, 5) is 35.5. The van der Waals surface area contributed by atoms with E-state index in [0.717, 1.165) is 4.57 Å². The number of nitrogens with two attached hydrogens (primary N) is 1. The van der Waals surface area contributed by atoms with E-state index in [-0.39, 0.29) is 28.7 Å². The van der Waals surface area contributed by atoms with Crippen molar-refractivity contribution in [2.45, 2.75) is 30.8 Å². The number of halogens is 2. The number of ether oxygens (including phenoxy) is 2. The summed E-state index contributed by atoms with van der Waals surface area (Å²) in [5.41, 5.74) is 3.80. The normalized spacial score (nSPS) is 13.7. The standard InChI is InChI=1S/C20H21ClFN5O6/c1-32-12(7-13(22)27-10-24-14-15(23)25-19(21)26-16(14)27)9-33-20(17(28)29,18(30)31)8-11-5-3-2-4-6-11/h2-6,10,12-13H,7-9H2,1H3,(H,28,29)(H,30,31)(H2,23,25,26)/t12-,13+/m0/s1. The number of carboxylic acids is 2. The Kier molecular flexibility index (Phi) is 7.41. The first-order chi connectivity index (χ1) is 15.7. The number of aromatic nitrogens is 4. The third kappa shape index (κ3) is 5.18. The molecule has 4 N–H and O–H groups in total. The van der Waals surface area contributed by atoms with Crippen LogP contribution in [0.5, 0.6) is 0 Å². The van der Waals surface area contributed by atoms with E-state index in [1.54, 1.807) is 30.3 Å². The molecule has 11 nitrogen and oxygen atoms in total. The lowest BCUT2D eigenvalue weighted by atomic mass is 9.94. The molecule has 0 aliphatic heterocycles. The highest BCUT2D eigenvalue weighted by Crippen LogP contribution is 2.27. The number of nitrogen functional groups attached to an aromatic ring is 1. The second-order valence-electron chi connectivity index (χ2n) is 7.14. The van der Waals surface area contributed by atoms with E-state index in [2.05, 4.69) is 15.0 Å². The Balaban J connectivity index is 1.77. The van der Waals surface area contributed by atoms with E-state index in [9.17, 15) is 19.8 Å². The number of benzene rings is 1. The van der Waals surface area contributed by atoms with Gasteiger partial charge in [0.15, 0.2) is 17.8 Å². The molecule has 13 heteroatoms. The Morgan fingerprint density at radius 1 is 1.24 bits per heavy atom. The number of hydrogen-bond donors (Lipinski definition) is 3. The van der Waals surface area contributed by atoms with Crippen molar-refractivity contribution >= 4 is 40.5 Å². The minimum atomic E-state index is -2.58. The van der Waals surface area contributed by atoms with Crippen molar-refractivity contribution in [1.29, 1.82) is 0 Å². The van der Waals surface area contributed by atoms with Crippen molar-refractivity contribution in [3.63, 3.8) is 0 Å². The number of aliphatic carboxylic acids is 2. The van der Waals surface area contributed by atoms with E-state index >= 15 is 4.39 Å². The third-order valence-electron chi connectivity index (χ3n) is 5.02. The number of anilines is 1. The molecule has 1 aromatic carbocycles. The van der Waals surface area contributed by atoms with Crippen LogP contribution in [0.3, 0.4) is 0 Å². The largest absolute Gasteiger partial charge is 0.479 e. The number of carboxylic acid groups (broad SMARTS) is 2. The molecule has 0 amide bonds. The maximum Gasteiger partial charge on any atom is 0.348 e. The van der Waals surface area contributed by atoms with Crippen LogP contribution in [0.4, 0.5) is 10.2 Å². The van der Waals surface area contributed by atoms with Crippen LogP contribution in [0.1, 0.15) is 18.3 Å². The molecule has 2 aromatic heterocycles. The predicted octanol–water partition coefficient (Wildman–Crippen LogP) is 2.10. The molecule has 0 saturated heterocycles. The molecule has 176 valence electrons. The van der Waals surface area contributed by atoms with Crippen molar-refractivity contribution in [2.24, 2.45) is 0 Å². The Morgan fingerprint density at radius 3 is 2.52 bits per heavy atom. The van der Waals surface area contributed by atoms with Crippen molar-refractivity contribution in [2.75, 3.05) is 19.5 Å². The monoisotopic (exact) mass is 481 g/mol. The van der Waals surface area contributed by atoms with Crippen molar-refractivity contribution < 1.29 is 33.7 Å². The molecule has 0 bridgehead atoms. The number of rotatable bonds is 11.